The molecule has 3 aliphatic rings. The summed E-state index contributed by atoms with van der Waals surface area (Å²) in [7, 11) is 0. The van der Waals surface area contributed by atoms with E-state index in [2.05, 4.69) is 111 Å². The highest BCUT2D eigenvalue weighted by Gasteiger charge is 2.12. The van der Waals surface area contributed by atoms with Crippen LogP contribution in [0.1, 0.15) is 60.8 Å². The van der Waals surface area contributed by atoms with E-state index in [4.69, 9.17) is 0 Å². The standard InChI is InChI=1S/C46H84N12/c1-15-47-23-25-49-19-3-31-55(35-27-51-17-1)39-43-7-11-45(12-8-43)41-57-33-5-21-54-30-38-58(34-6-22-53-29-37-57)42-46-13-9-44(10-14-46)40-56-32-4-20-50-26-24-48-16-2-18-52-28-36-56/h7-14,47-54H,1-6,15-42H2. The molecule has 0 amide bonds. The lowest BCUT2D eigenvalue weighted by Gasteiger charge is -2.26. The van der Waals surface area contributed by atoms with E-state index in [1.165, 1.54) is 60.8 Å². The summed E-state index contributed by atoms with van der Waals surface area (Å²) in [4.78, 5) is 10.5. The molecule has 3 fully saturated rings. The van der Waals surface area contributed by atoms with Crippen LogP contribution in [0.2, 0.25) is 0 Å². The summed E-state index contributed by atoms with van der Waals surface area (Å²) in [5.41, 5.74) is 5.70. The molecule has 0 unspecified atom stereocenters. The monoisotopic (exact) mass is 805 g/mol. The van der Waals surface area contributed by atoms with Crippen molar-refractivity contribution in [1.29, 1.82) is 0 Å². The van der Waals surface area contributed by atoms with Gasteiger partial charge in [0.15, 0.2) is 0 Å². The number of benzene rings is 2. The molecule has 0 aliphatic carbocycles. The fourth-order valence-corrected chi connectivity index (χ4v) is 8.30. The van der Waals surface area contributed by atoms with E-state index in [0.717, 1.165) is 183 Å². The van der Waals surface area contributed by atoms with Crippen LogP contribution in [0.4, 0.5) is 0 Å². The molecule has 0 atom stereocenters. The maximum atomic E-state index is 3.78. The number of rotatable bonds is 8. The van der Waals surface area contributed by atoms with E-state index in [1.807, 2.05) is 0 Å². The van der Waals surface area contributed by atoms with Crippen LogP contribution in [-0.4, -0.2) is 177 Å². The van der Waals surface area contributed by atoms with Crippen LogP contribution in [0.25, 0.3) is 0 Å². The molecule has 0 saturated carbocycles. The molecule has 2 aromatic rings. The Kier molecular flexibility index (Phi) is 25.1. The van der Waals surface area contributed by atoms with Crippen molar-refractivity contribution in [2.24, 2.45) is 0 Å². The third-order valence-corrected chi connectivity index (χ3v) is 11.8. The summed E-state index contributed by atoms with van der Waals surface area (Å²) in [5.74, 6) is 0. The van der Waals surface area contributed by atoms with Crippen LogP contribution in [0.3, 0.4) is 0 Å². The predicted molar refractivity (Wildman–Crippen MR) is 245 cm³/mol. The largest absolute Gasteiger partial charge is 0.315 e. The van der Waals surface area contributed by atoms with Gasteiger partial charge in [0, 0.05) is 105 Å². The van der Waals surface area contributed by atoms with Gasteiger partial charge in [-0.25, -0.2) is 0 Å². The molecule has 3 saturated heterocycles. The lowest BCUT2D eigenvalue weighted by atomic mass is 10.1. The van der Waals surface area contributed by atoms with Crippen molar-refractivity contribution in [3.05, 3.63) is 70.8 Å². The average Bonchev–Trinajstić information content (AvgIpc) is 3.24. The topological polar surface area (TPSA) is 109 Å². The Bertz CT molecular complexity index is 1120. The molecule has 0 aromatic heterocycles. The van der Waals surface area contributed by atoms with Gasteiger partial charge < -0.3 is 42.5 Å². The molecule has 0 bridgehead atoms. The quantitative estimate of drug-likeness (QED) is 0.199. The van der Waals surface area contributed by atoms with E-state index >= 15 is 0 Å². The van der Waals surface area contributed by atoms with Crippen LogP contribution >= 0.6 is 0 Å². The second-order valence-electron chi connectivity index (χ2n) is 16.9. The van der Waals surface area contributed by atoms with Gasteiger partial charge in [0.05, 0.1) is 0 Å². The second kappa shape index (κ2) is 30.9. The van der Waals surface area contributed by atoms with Gasteiger partial charge in [-0.2, -0.15) is 0 Å². The van der Waals surface area contributed by atoms with Gasteiger partial charge in [0.1, 0.15) is 0 Å². The maximum absolute atomic E-state index is 3.78. The smallest absolute Gasteiger partial charge is 0.0234 e. The van der Waals surface area contributed by atoms with Gasteiger partial charge in [0.2, 0.25) is 0 Å². The van der Waals surface area contributed by atoms with E-state index in [-0.39, 0.29) is 0 Å². The zero-order valence-corrected chi connectivity index (χ0v) is 36.4. The number of hydrogen-bond acceptors (Lipinski definition) is 12. The molecule has 2 aromatic carbocycles. The summed E-state index contributed by atoms with van der Waals surface area (Å²) < 4.78 is 0. The Morgan fingerprint density at radius 2 is 0.448 bits per heavy atom. The zero-order chi connectivity index (χ0) is 40.0. The highest BCUT2D eigenvalue weighted by molar-refractivity contribution is 5.23. The normalized spacial score (nSPS) is 22.6. The fourth-order valence-electron chi connectivity index (χ4n) is 8.30. The third-order valence-electron chi connectivity index (χ3n) is 11.8. The van der Waals surface area contributed by atoms with E-state index in [1.54, 1.807) is 0 Å². The highest BCUT2D eigenvalue weighted by atomic mass is 15.2. The number of nitrogens with zero attached hydrogens (tertiary/aromatic N) is 4. The van der Waals surface area contributed by atoms with Crippen LogP contribution < -0.4 is 42.5 Å². The van der Waals surface area contributed by atoms with Crippen molar-refractivity contribution in [2.75, 3.05) is 157 Å². The first kappa shape index (κ1) is 47.0. The average molecular weight is 805 g/mol. The van der Waals surface area contributed by atoms with Crippen molar-refractivity contribution in [3.8, 4) is 0 Å². The number of hydrogen-bond donors (Lipinski definition) is 8. The molecule has 12 heteroatoms. The lowest BCUT2D eigenvalue weighted by molar-refractivity contribution is 0.241. The zero-order valence-electron chi connectivity index (χ0n) is 36.4. The van der Waals surface area contributed by atoms with Gasteiger partial charge in [-0.3, -0.25) is 19.6 Å². The first-order valence-corrected chi connectivity index (χ1v) is 23.5. The Labute approximate surface area is 353 Å². The molecule has 5 rings (SSSR count). The minimum atomic E-state index is 1.02. The lowest BCUT2D eigenvalue weighted by Crippen LogP contribution is -2.38. The van der Waals surface area contributed by atoms with Crippen LogP contribution in [-0.2, 0) is 26.2 Å². The van der Waals surface area contributed by atoms with Crippen LogP contribution in [0.15, 0.2) is 48.5 Å². The molecule has 58 heavy (non-hydrogen) atoms. The van der Waals surface area contributed by atoms with Gasteiger partial charge in [-0.15, -0.1) is 0 Å². The molecule has 3 aliphatic heterocycles. The summed E-state index contributed by atoms with van der Waals surface area (Å²) in [6.45, 7) is 30.2. The first-order valence-electron chi connectivity index (χ1n) is 23.5. The van der Waals surface area contributed by atoms with Gasteiger partial charge in [-0.05, 0) is 139 Å². The number of nitrogens with one attached hydrogen (secondary N) is 8. The summed E-state index contributed by atoms with van der Waals surface area (Å²) in [5, 5.41) is 29.1. The van der Waals surface area contributed by atoms with Gasteiger partial charge in [0.25, 0.3) is 0 Å². The van der Waals surface area contributed by atoms with E-state index < -0.39 is 0 Å². The second-order valence-corrected chi connectivity index (χ2v) is 16.9. The Morgan fingerprint density at radius 1 is 0.241 bits per heavy atom. The third kappa shape index (κ3) is 21.5. The highest BCUT2D eigenvalue weighted by Crippen LogP contribution is 2.13. The van der Waals surface area contributed by atoms with Gasteiger partial charge >= 0.3 is 0 Å². The molecular formula is C46H84N12. The predicted octanol–water partition coefficient (Wildman–Crippen LogP) is 1.69. The fraction of sp³-hybridized carbons (Fsp3) is 0.739. The maximum Gasteiger partial charge on any atom is 0.0234 e. The summed E-state index contributed by atoms with van der Waals surface area (Å²) >= 11 is 0. The molecule has 0 spiro atoms. The van der Waals surface area contributed by atoms with Crippen LogP contribution in [0.5, 0.6) is 0 Å². The minimum absolute atomic E-state index is 1.02. The summed E-state index contributed by atoms with van der Waals surface area (Å²) in [6.07, 6.45) is 7.12. The van der Waals surface area contributed by atoms with Crippen molar-refractivity contribution < 1.29 is 0 Å². The van der Waals surface area contributed by atoms with E-state index in [0.29, 0.717) is 0 Å². The molecule has 328 valence electrons. The Morgan fingerprint density at radius 3 is 0.690 bits per heavy atom. The van der Waals surface area contributed by atoms with Gasteiger partial charge in [-0.1, -0.05) is 48.5 Å². The van der Waals surface area contributed by atoms with Crippen molar-refractivity contribution in [2.45, 2.75) is 64.7 Å². The van der Waals surface area contributed by atoms with Crippen molar-refractivity contribution in [1.82, 2.24) is 62.1 Å². The SMILES string of the molecule is c1cc(CN2CCCNCCN(Cc3ccc(CN4CCCNCCNCCCNCC4)cc3)CCCNCC2)ccc1CN1CCCNCCNCCCNCC1. The minimum Gasteiger partial charge on any atom is -0.315 e. The Balaban J connectivity index is 1.01. The van der Waals surface area contributed by atoms with Crippen LogP contribution in [0, 0.1) is 0 Å². The van der Waals surface area contributed by atoms with Crippen molar-refractivity contribution in [3.63, 3.8) is 0 Å². The molecule has 0 radical (unpaired) electrons. The van der Waals surface area contributed by atoms with E-state index in [9.17, 15) is 0 Å². The van der Waals surface area contributed by atoms with Crippen molar-refractivity contribution >= 4 is 0 Å². The first-order chi connectivity index (χ1) is 28.8. The Hall–Kier alpha value is -2.04. The summed E-state index contributed by atoms with van der Waals surface area (Å²) in [6, 6.07) is 19.0. The molecule has 12 nitrogen and oxygen atoms in total. The molecule has 3 heterocycles. The molecule has 8 N–H and O–H groups in total. The molecular weight excluding hydrogens is 721 g/mol.